The average Bonchev–Trinajstić information content (AvgIpc) is 2.32. The molecule has 20 heavy (non-hydrogen) atoms. The van der Waals surface area contributed by atoms with Crippen LogP contribution in [0.4, 0.5) is 0 Å². The van der Waals surface area contributed by atoms with Crippen molar-refractivity contribution in [1.82, 2.24) is 4.90 Å². The van der Waals surface area contributed by atoms with E-state index in [1.165, 1.54) is 16.7 Å². The number of carboxylic acid groups (broad SMARTS) is 1. The van der Waals surface area contributed by atoms with Gasteiger partial charge in [0, 0.05) is 30.7 Å². The lowest BCUT2D eigenvalue weighted by atomic mass is 9.66. The normalized spacial score (nSPS) is 25.9. The highest BCUT2D eigenvalue weighted by Gasteiger charge is 2.47. The van der Waals surface area contributed by atoms with Crippen LogP contribution in [0.3, 0.4) is 0 Å². The van der Waals surface area contributed by atoms with Gasteiger partial charge < -0.3 is 10.0 Å². The molecule has 1 heterocycles. The molecule has 1 saturated carbocycles. The van der Waals surface area contributed by atoms with Crippen LogP contribution in [0.2, 0.25) is 0 Å². The first kappa shape index (κ1) is 15.6. The molecule has 2 rings (SSSR count). The van der Waals surface area contributed by atoms with Gasteiger partial charge in [0.15, 0.2) is 9.84 Å². The fraction of sp³-hybridized carbons (Fsp3) is 0.833. The van der Waals surface area contributed by atoms with Crippen LogP contribution < -0.4 is 0 Å². The van der Waals surface area contributed by atoms with Gasteiger partial charge in [-0.15, -0.1) is 0 Å². The van der Waals surface area contributed by atoms with Gasteiger partial charge in [0.2, 0.25) is 5.91 Å². The van der Waals surface area contributed by atoms with E-state index in [4.69, 9.17) is 0 Å². The quantitative estimate of drug-likeness (QED) is 0.814. The molecule has 1 atom stereocenters. The summed E-state index contributed by atoms with van der Waals surface area (Å²) in [5.41, 5.74) is -0.969. The molecule has 1 amide bonds. The Labute approximate surface area is 122 Å². The summed E-state index contributed by atoms with van der Waals surface area (Å²) in [5, 5.41) is 8.44. The Bertz CT molecular complexity index is 512. The molecule has 2 aliphatic rings. The lowest BCUT2D eigenvalue weighted by Crippen LogP contribution is -2.52. The smallest absolute Gasteiger partial charge is 0.310 e. The molecule has 114 valence electrons. The Morgan fingerprint density at radius 1 is 1.40 bits per heavy atom. The zero-order valence-corrected chi connectivity index (χ0v) is 13.0. The molecule has 0 bridgehead atoms. The highest BCUT2D eigenvalue weighted by atomic mass is 32.2. The molecule has 6 nitrogen and oxygen atoms in total. The third-order valence-corrected chi connectivity index (χ3v) is 6.80. The SMILES string of the molecule is CS(=O)(=O)C1CSCCN1C(=O)CC1(C(=O)O)CCC1. The van der Waals surface area contributed by atoms with Crippen LogP contribution in [0, 0.1) is 5.41 Å². The van der Waals surface area contributed by atoms with E-state index >= 15 is 0 Å². The second-order valence-corrected chi connectivity index (χ2v) is 8.92. The van der Waals surface area contributed by atoms with Gasteiger partial charge in [0.1, 0.15) is 5.37 Å². The molecule has 0 aromatic heterocycles. The summed E-state index contributed by atoms with van der Waals surface area (Å²) in [4.78, 5) is 25.0. The Morgan fingerprint density at radius 3 is 2.50 bits per heavy atom. The number of carboxylic acids is 1. The number of aliphatic carboxylic acids is 1. The van der Waals surface area contributed by atoms with E-state index in [1.807, 2.05) is 0 Å². The predicted octanol–water partition coefficient (Wildman–Crippen LogP) is 0.578. The molecule has 0 aromatic carbocycles. The summed E-state index contributed by atoms with van der Waals surface area (Å²) in [6.45, 7) is 0.372. The minimum atomic E-state index is -3.35. The molecule has 0 radical (unpaired) electrons. The molecule has 1 aliphatic carbocycles. The van der Waals surface area contributed by atoms with Crippen LogP contribution in [0.1, 0.15) is 25.7 Å². The van der Waals surface area contributed by atoms with Gasteiger partial charge in [-0.25, -0.2) is 8.42 Å². The Balaban J connectivity index is 2.12. The monoisotopic (exact) mass is 321 g/mol. The van der Waals surface area contributed by atoms with Crippen molar-refractivity contribution in [2.24, 2.45) is 5.41 Å². The van der Waals surface area contributed by atoms with Crippen LogP contribution in [0.15, 0.2) is 0 Å². The number of amides is 1. The van der Waals surface area contributed by atoms with E-state index in [1.54, 1.807) is 0 Å². The minimum absolute atomic E-state index is 0.0843. The maximum absolute atomic E-state index is 12.4. The number of hydrogen-bond donors (Lipinski definition) is 1. The highest BCUT2D eigenvalue weighted by Crippen LogP contribution is 2.44. The topological polar surface area (TPSA) is 91.8 Å². The van der Waals surface area contributed by atoms with Crippen LogP contribution in [-0.4, -0.2) is 60.0 Å². The second-order valence-electron chi connectivity index (χ2n) is 5.56. The van der Waals surface area contributed by atoms with Gasteiger partial charge in [-0.3, -0.25) is 9.59 Å². The van der Waals surface area contributed by atoms with Crippen molar-refractivity contribution in [1.29, 1.82) is 0 Å². The lowest BCUT2D eigenvalue weighted by Gasteiger charge is -2.40. The first-order chi connectivity index (χ1) is 9.26. The van der Waals surface area contributed by atoms with Gasteiger partial charge in [0.25, 0.3) is 0 Å². The first-order valence-corrected chi connectivity index (χ1v) is 9.67. The fourth-order valence-electron chi connectivity index (χ4n) is 2.68. The number of carbonyl (C=O) groups excluding carboxylic acids is 1. The molecular weight excluding hydrogens is 302 g/mol. The predicted molar refractivity (Wildman–Crippen MR) is 76.2 cm³/mol. The number of rotatable bonds is 4. The summed E-state index contributed by atoms with van der Waals surface area (Å²) in [5.74, 6) is -0.232. The van der Waals surface area contributed by atoms with E-state index in [0.29, 0.717) is 30.9 Å². The van der Waals surface area contributed by atoms with Crippen LogP contribution >= 0.6 is 11.8 Å². The standard InChI is InChI=1S/C12H19NO5S2/c1-20(17,18)10-8-19-6-5-13(10)9(14)7-12(11(15)16)3-2-4-12/h10H,2-8H2,1H3,(H,15,16). The molecule has 1 saturated heterocycles. The molecule has 1 unspecified atom stereocenters. The number of carbonyl (C=O) groups is 2. The molecule has 8 heteroatoms. The van der Waals surface area contributed by atoms with Crippen molar-refractivity contribution in [3.63, 3.8) is 0 Å². The maximum Gasteiger partial charge on any atom is 0.310 e. The largest absolute Gasteiger partial charge is 0.481 e. The van der Waals surface area contributed by atoms with Crippen molar-refractivity contribution >= 4 is 33.5 Å². The van der Waals surface area contributed by atoms with E-state index in [9.17, 15) is 23.1 Å². The van der Waals surface area contributed by atoms with Gasteiger partial charge in [-0.1, -0.05) is 6.42 Å². The second kappa shape index (κ2) is 5.55. The van der Waals surface area contributed by atoms with E-state index < -0.39 is 26.6 Å². The van der Waals surface area contributed by atoms with Gasteiger partial charge >= 0.3 is 5.97 Å². The maximum atomic E-state index is 12.4. The average molecular weight is 321 g/mol. The summed E-state index contributed by atoms with van der Waals surface area (Å²) in [6.07, 6.45) is 2.85. The first-order valence-electron chi connectivity index (χ1n) is 6.56. The molecule has 2 fully saturated rings. The summed E-state index contributed by atoms with van der Waals surface area (Å²) >= 11 is 1.51. The summed E-state index contributed by atoms with van der Waals surface area (Å²) < 4.78 is 23.5. The molecule has 0 spiro atoms. The number of nitrogens with zero attached hydrogens (tertiary/aromatic N) is 1. The lowest BCUT2D eigenvalue weighted by molar-refractivity contribution is -0.159. The molecular formula is C12H19NO5S2. The Hall–Kier alpha value is -0.760. The van der Waals surface area contributed by atoms with Crippen LogP contribution in [0.25, 0.3) is 0 Å². The summed E-state index contributed by atoms with van der Waals surface area (Å²) in [7, 11) is -3.35. The van der Waals surface area contributed by atoms with Crippen molar-refractivity contribution in [2.45, 2.75) is 31.1 Å². The zero-order valence-electron chi connectivity index (χ0n) is 11.4. The fourth-order valence-corrected chi connectivity index (χ4v) is 5.52. The van der Waals surface area contributed by atoms with Crippen molar-refractivity contribution < 1.29 is 23.1 Å². The number of sulfone groups is 1. The van der Waals surface area contributed by atoms with Gasteiger partial charge in [-0.2, -0.15) is 11.8 Å². The minimum Gasteiger partial charge on any atom is -0.481 e. The van der Waals surface area contributed by atoms with Crippen LogP contribution in [-0.2, 0) is 19.4 Å². The highest BCUT2D eigenvalue weighted by molar-refractivity contribution is 8.00. The number of thioether (sulfide) groups is 1. The van der Waals surface area contributed by atoms with Crippen molar-refractivity contribution in [3.05, 3.63) is 0 Å². The molecule has 1 N–H and O–H groups in total. The molecule has 0 aromatic rings. The van der Waals surface area contributed by atoms with E-state index in [-0.39, 0.29) is 12.3 Å². The number of hydrogen-bond acceptors (Lipinski definition) is 5. The molecule has 1 aliphatic heterocycles. The summed E-state index contributed by atoms with van der Waals surface area (Å²) in [6, 6.07) is 0. The van der Waals surface area contributed by atoms with Gasteiger partial charge in [0.05, 0.1) is 5.41 Å². The Morgan fingerprint density at radius 2 is 2.05 bits per heavy atom. The van der Waals surface area contributed by atoms with Gasteiger partial charge in [-0.05, 0) is 12.8 Å². The Kier molecular flexibility index (Phi) is 4.34. The third kappa shape index (κ3) is 2.95. The van der Waals surface area contributed by atoms with Crippen LogP contribution in [0.5, 0.6) is 0 Å². The third-order valence-electron chi connectivity index (χ3n) is 4.15. The van der Waals surface area contributed by atoms with Crippen molar-refractivity contribution in [2.75, 3.05) is 24.3 Å². The van der Waals surface area contributed by atoms with E-state index in [0.717, 1.165) is 12.7 Å². The van der Waals surface area contributed by atoms with E-state index in [2.05, 4.69) is 0 Å². The zero-order chi connectivity index (χ0) is 15.0. The van der Waals surface area contributed by atoms with Crippen molar-refractivity contribution in [3.8, 4) is 0 Å².